The van der Waals surface area contributed by atoms with E-state index in [9.17, 15) is 9.59 Å². The van der Waals surface area contributed by atoms with Gasteiger partial charge in [0.25, 0.3) is 0 Å². The first kappa shape index (κ1) is 20.0. The summed E-state index contributed by atoms with van der Waals surface area (Å²) in [5.41, 5.74) is 1.39. The molecule has 6 nitrogen and oxygen atoms in total. The first-order valence-electron chi connectivity index (χ1n) is 8.90. The molecule has 0 fully saturated rings. The summed E-state index contributed by atoms with van der Waals surface area (Å²) in [6.45, 7) is 5.55. The maximum Gasteiger partial charge on any atom is 0.224 e. The van der Waals surface area contributed by atoms with E-state index in [4.69, 9.17) is 11.6 Å². The van der Waals surface area contributed by atoms with Crippen LogP contribution in [0.25, 0.3) is 5.69 Å². The summed E-state index contributed by atoms with van der Waals surface area (Å²) in [5, 5.41) is 3.30. The number of anilines is 1. The highest BCUT2D eigenvalue weighted by molar-refractivity contribution is 6.32. The minimum absolute atomic E-state index is 0.0253. The highest BCUT2D eigenvalue weighted by Crippen LogP contribution is 2.24. The van der Waals surface area contributed by atoms with Crippen LogP contribution < -0.4 is 5.32 Å². The number of rotatable bonds is 9. The molecule has 1 N–H and O–H groups in total. The van der Waals surface area contributed by atoms with Crippen molar-refractivity contribution in [2.45, 2.75) is 39.5 Å². The molecule has 0 atom stereocenters. The van der Waals surface area contributed by atoms with Crippen molar-refractivity contribution in [3.05, 3.63) is 41.9 Å². The smallest absolute Gasteiger partial charge is 0.224 e. The largest absolute Gasteiger partial charge is 0.343 e. The van der Waals surface area contributed by atoms with E-state index in [1.165, 1.54) is 0 Å². The first-order chi connectivity index (χ1) is 12.5. The van der Waals surface area contributed by atoms with Gasteiger partial charge >= 0.3 is 0 Å². The lowest BCUT2D eigenvalue weighted by atomic mass is 10.2. The van der Waals surface area contributed by atoms with Crippen molar-refractivity contribution in [3.63, 3.8) is 0 Å². The third kappa shape index (κ3) is 5.59. The Morgan fingerprint density at radius 2 is 1.92 bits per heavy atom. The molecule has 1 aromatic carbocycles. The molecule has 7 heteroatoms. The van der Waals surface area contributed by atoms with Crippen LogP contribution in [0.15, 0.2) is 36.9 Å². The second-order valence-corrected chi connectivity index (χ2v) is 6.47. The molecule has 26 heavy (non-hydrogen) atoms. The van der Waals surface area contributed by atoms with Gasteiger partial charge in [-0.25, -0.2) is 4.98 Å². The van der Waals surface area contributed by atoms with Crippen LogP contribution in [-0.4, -0.2) is 39.4 Å². The summed E-state index contributed by atoms with van der Waals surface area (Å²) >= 11 is 6.28. The second-order valence-electron chi connectivity index (χ2n) is 6.07. The zero-order valence-corrected chi connectivity index (χ0v) is 16.0. The monoisotopic (exact) mass is 376 g/mol. The molecule has 1 heterocycles. The minimum Gasteiger partial charge on any atom is -0.343 e. The average Bonchev–Trinajstić information content (AvgIpc) is 3.14. The maximum absolute atomic E-state index is 12.2. The quantitative estimate of drug-likeness (QED) is 0.721. The van der Waals surface area contributed by atoms with Gasteiger partial charge in [-0.05, 0) is 31.0 Å². The predicted octanol–water partition coefficient (Wildman–Crippen LogP) is 3.89. The summed E-state index contributed by atoms with van der Waals surface area (Å²) in [7, 11) is 0. The Labute approximate surface area is 159 Å². The van der Waals surface area contributed by atoms with Gasteiger partial charge < -0.3 is 14.8 Å². The van der Waals surface area contributed by atoms with Gasteiger partial charge in [0, 0.05) is 44.0 Å². The van der Waals surface area contributed by atoms with E-state index >= 15 is 0 Å². The van der Waals surface area contributed by atoms with Gasteiger partial charge in [-0.1, -0.05) is 25.4 Å². The van der Waals surface area contributed by atoms with Gasteiger partial charge in [0.1, 0.15) is 0 Å². The number of hydrogen-bond acceptors (Lipinski definition) is 3. The molecule has 0 unspecified atom stereocenters. The molecular weight excluding hydrogens is 352 g/mol. The molecule has 2 rings (SSSR count). The Morgan fingerprint density at radius 1 is 1.19 bits per heavy atom. The highest BCUT2D eigenvalue weighted by atomic mass is 35.5. The van der Waals surface area contributed by atoms with Crippen LogP contribution >= 0.6 is 11.6 Å². The van der Waals surface area contributed by atoms with Crippen molar-refractivity contribution in [1.82, 2.24) is 14.5 Å². The maximum atomic E-state index is 12.2. The standard InChI is InChI=1S/C19H25ClN4O2/c1-3-10-23(11-4-2)19(26)8-7-18(25)22-15-5-6-17(16(20)13-15)24-12-9-21-14-24/h5-6,9,12-14H,3-4,7-8,10-11H2,1-2H3,(H,22,25). The molecule has 0 aliphatic heterocycles. The molecule has 0 saturated heterocycles. The number of nitrogens with one attached hydrogen (secondary N) is 1. The fourth-order valence-electron chi connectivity index (χ4n) is 2.70. The molecule has 2 aromatic rings. The van der Waals surface area contributed by atoms with E-state index in [1.807, 2.05) is 24.8 Å². The van der Waals surface area contributed by atoms with Crippen molar-refractivity contribution in [2.75, 3.05) is 18.4 Å². The van der Waals surface area contributed by atoms with Gasteiger partial charge in [0.15, 0.2) is 0 Å². The summed E-state index contributed by atoms with van der Waals surface area (Å²) in [6.07, 6.45) is 7.33. The molecular formula is C19H25ClN4O2. The van der Waals surface area contributed by atoms with Crippen LogP contribution in [0.1, 0.15) is 39.5 Å². The van der Waals surface area contributed by atoms with Gasteiger partial charge in [-0.15, -0.1) is 0 Å². The number of hydrogen-bond donors (Lipinski definition) is 1. The lowest BCUT2D eigenvalue weighted by Gasteiger charge is -2.21. The van der Waals surface area contributed by atoms with Gasteiger partial charge in [0.2, 0.25) is 11.8 Å². The molecule has 0 radical (unpaired) electrons. The highest BCUT2D eigenvalue weighted by Gasteiger charge is 2.14. The van der Waals surface area contributed by atoms with E-state index in [-0.39, 0.29) is 24.7 Å². The Bertz CT molecular complexity index is 725. The zero-order valence-electron chi connectivity index (χ0n) is 15.2. The number of imidazole rings is 1. The van der Waals surface area contributed by atoms with Crippen molar-refractivity contribution in [2.24, 2.45) is 0 Å². The first-order valence-corrected chi connectivity index (χ1v) is 9.28. The van der Waals surface area contributed by atoms with Crippen LogP contribution in [0, 0.1) is 0 Å². The topological polar surface area (TPSA) is 67.2 Å². The van der Waals surface area contributed by atoms with E-state index in [1.54, 1.807) is 35.4 Å². The Balaban J connectivity index is 1.89. The molecule has 0 spiro atoms. The molecule has 0 bridgehead atoms. The van der Waals surface area contributed by atoms with E-state index < -0.39 is 0 Å². The SMILES string of the molecule is CCCN(CCC)C(=O)CCC(=O)Nc1ccc(-n2ccnc2)c(Cl)c1. The third-order valence-electron chi connectivity index (χ3n) is 3.92. The van der Waals surface area contributed by atoms with Gasteiger partial charge in [-0.3, -0.25) is 9.59 Å². The molecule has 0 aliphatic carbocycles. The van der Waals surface area contributed by atoms with Crippen LogP contribution in [0.4, 0.5) is 5.69 Å². The fourth-order valence-corrected chi connectivity index (χ4v) is 2.98. The number of amides is 2. The lowest BCUT2D eigenvalue weighted by Crippen LogP contribution is -2.33. The molecule has 140 valence electrons. The average molecular weight is 377 g/mol. The van der Waals surface area contributed by atoms with Crippen LogP contribution in [0.2, 0.25) is 5.02 Å². The summed E-state index contributed by atoms with van der Waals surface area (Å²) < 4.78 is 1.79. The van der Waals surface area contributed by atoms with Crippen molar-refractivity contribution >= 4 is 29.1 Å². The predicted molar refractivity (Wildman–Crippen MR) is 104 cm³/mol. The number of halogens is 1. The van der Waals surface area contributed by atoms with Crippen LogP contribution in [-0.2, 0) is 9.59 Å². The number of aromatic nitrogens is 2. The number of carbonyl (C=O) groups is 2. The number of nitrogens with zero attached hydrogens (tertiary/aromatic N) is 3. The Kier molecular flexibility index (Phi) is 7.66. The molecule has 2 amide bonds. The van der Waals surface area contributed by atoms with E-state index in [0.29, 0.717) is 10.7 Å². The number of carbonyl (C=O) groups excluding carboxylic acids is 2. The lowest BCUT2D eigenvalue weighted by molar-refractivity contribution is -0.132. The summed E-state index contributed by atoms with van der Waals surface area (Å²) in [4.78, 5) is 30.2. The normalized spacial score (nSPS) is 10.6. The molecule has 1 aromatic heterocycles. The Hall–Kier alpha value is -2.34. The number of benzene rings is 1. The summed E-state index contributed by atoms with van der Waals surface area (Å²) in [5.74, 6) is -0.171. The van der Waals surface area contributed by atoms with Crippen molar-refractivity contribution in [3.8, 4) is 5.69 Å². The van der Waals surface area contributed by atoms with Gasteiger partial charge in [0.05, 0.1) is 17.0 Å². The minimum atomic E-state index is -0.197. The van der Waals surface area contributed by atoms with Crippen LogP contribution in [0.3, 0.4) is 0 Å². The van der Waals surface area contributed by atoms with Crippen LogP contribution in [0.5, 0.6) is 0 Å². The third-order valence-corrected chi connectivity index (χ3v) is 4.22. The van der Waals surface area contributed by atoms with E-state index in [0.717, 1.165) is 31.6 Å². The molecule has 0 aliphatic rings. The fraction of sp³-hybridized carbons (Fsp3) is 0.421. The molecule has 0 saturated carbocycles. The Morgan fingerprint density at radius 3 is 2.50 bits per heavy atom. The van der Waals surface area contributed by atoms with E-state index in [2.05, 4.69) is 10.3 Å². The van der Waals surface area contributed by atoms with Gasteiger partial charge in [-0.2, -0.15) is 0 Å². The second kappa shape index (κ2) is 9.97. The van der Waals surface area contributed by atoms with Crippen molar-refractivity contribution in [1.29, 1.82) is 0 Å². The summed E-state index contributed by atoms with van der Waals surface area (Å²) in [6, 6.07) is 5.29. The van der Waals surface area contributed by atoms with Crippen molar-refractivity contribution < 1.29 is 9.59 Å². The zero-order chi connectivity index (χ0) is 18.9.